The fourth-order valence-electron chi connectivity index (χ4n) is 2.10. The molecule has 0 amide bonds. The maximum absolute atomic E-state index is 12.8. The number of rotatable bonds is 3. The second-order valence-electron chi connectivity index (χ2n) is 4.55. The Hall–Kier alpha value is -1.79. The van der Waals surface area contributed by atoms with E-state index in [1.807, 2.05) is 0 Å². The third kappa shape index (κ3) is 2.97. The number of hydrogen-bond acceptors (Lipinski definition) is 5. The summed E-state index contributed by atoms with van der Waals surface area (Å²) in [6.45, 7) is 4.64. The molecule has 0 radical (unpaired) electrons. The molecule has 0 saturated carbocycles. The number of nitrogens with zero attached hydrogens (tertiary/aromatic N) is 3. The van der Waals surface area contributed by atoms with E-state index in [4.69, 9.17) is 4.52 Å². The molecular formula is C13H15FN4O. The molecule has 0 spiro atoms. The van der Waals surface area contributed by atoms with Crippen LogP contribution in [0.3, 0.4) is 0 Å². The van der Waals surface area contributed by atoms with Crippen LogP contribution in [0.5, 0.6) is 0 Å². The molecule has 100 valence electrons. The summed E-state index contributed by atoms with van der Waals surface area (Å²) in [6.07, 6.45) is 0. The number of aromatic nitrogens is 2. The van der Waals surface area contributed by atoms with Gasteiger partial charge in [-0.25, -0.2) is 4.39 Å². The first-order valence-electron chi connectivity index (χ1n) is 6.33. The van der Waals surface area contributed by atoms with Crippen molar-refractivity contribution in [2.24, 2.45) is 0 Å². The zero-order valence-electron chi connectivity index (χ0n) is 10.5. The van der Waals surface area contributed by atoms with Gasteiger partial charge in [0.05, 0.1) is 6.54 Å². The van der Waals surface area contributed by atoms with Crippen molar-refractivity contribution in [1.29, 1.82) is 0 Å². The fourth-order valence-corrected chi connectivity index (χ4v) is 2.10. The normalized spacial score (nSPS) is 16.7. The quantitative estimate of drug-likeness (QED) is 0.903. The monoisotopic (exact) mass is 262 g/mol. The van der Waals surface area contributed by atoms with Crippen molar-refractivity contribution in [1.82, 2.24) is 20.4 Å². The lowest BCUT2D eigenvalue weighted by Gasteiger charge is -2.25. The van der Waals surface area contributed by atoms with Crippen LogP contribution in [0, 0.1) is 5.82 Å². The number of benzene rings is 1. The van der Waals surface area contributed by atoms with Crippen LogP contribution in [0.25, 0.3) is 11.5 Å². The molecule has 3 rings (SSSR count). The van der Waals surface area contributed by atoms with Gasteiger partial charge in [0, 0.05) is 31.7 Å². The summed E-state index contributed by atoms with van der Waals surface area (Å²) in [5, 5.41) is 7.26. The number of halogens is 1. The van der Waals surface area contributed by atoms with Crippen LogP contribution < -0.4 is 5.32 Å². The fraction of sp³-hybridized carbons (Fsp3) is 0.385. The highest BCUT2D eigenvalue weighted by atomic mass is 19.1. The van der Waals surface area contributed by atoms with E-state index in [2.05, 4.69) is 20.4 Å². The molecule has 1 aromatic heterocycles. The molecule has 1 aromatic carbocycles. The molecule has 1 saturated heterocycles. The average molecular weight is 262 g/mol. The number of piperazine rings is 1. The Balaban J connectivity index is 1.70. The van der Waals surface area contributed by atoms with Crippen LogP contribution >= 0.6 is 0 Å². The minimum absolute atomic E-state index is 0.274. The third-order valence-electron chi connectivity index (χ3n) is 3.13. The highest BCUT2D eigenvalue weighted by Crippen LogP contribution is 2.17. The summed E-state index contributed by atoms with van der Waals surface area (Å²) in [7, 11) is 0. The standard InChI is InChI=1S/C13H15FN4O/c14-11-3-1-10(2-4-11)13-16-12(17-19-13)9-18-7-5-15-6-8-18/h1-4,15H,5-9H2. The SMILES string of the molecule is Fc1ccc(-c2nc(CN3CCNCC3)no2)cc1. The van der Waals surface area contributed by atoms with E-state index in [0.717, 1.165) is 31.7 Å². The highest BCUT2D eigenvalue weighted by Gasteiger charge is 2.14. The largest absolute Gasteiger partial charge is 0.334 e. The first kappa shape index (κ1) is 12.3. The zero-order valence-corrected chi connectivity index (χ0v) is 10.5. The Labute approximate surface area is 110 Å². The zero-order chi connectivity index (χ0) is 13.1. The predicted octanol–water partition coefficient (Wildman–Crippen LogP) is 1.28. The Morgan fingerprint density at radius 1 is 1.21 bits per heavy atom. The van der Waals surface area contributed by atoms with Crippen LogP contribution in [0.15, 0.2) is 28.8 Å². The van der Waals surface area contributed by atoms with Gasteiger partial charge in [-0.15, -0.1) is 0 Å². The molecule has 0 bridgehead atoms. The van der Waals surface area contributed by atoms with E-state index in [1.54, 1.807) is 12.1 Å². The minimum atomic E-state index is -0.274. The summed E-state index contributed by atoms with van der Waals surface area (Å²) >= 11 is 0. The van der Waals surface area contributed by atoms with Crippen LogP contribution in [0.4, 0.5) is 4.39 Å². The van der Waals surface area contributed by atoms with Crippen LogP contribution in [-0.4, -0.2) is 41.2 Å². The molecule has 2 heterocycles. The molecule has 0 unspecified atom stereocenters. The van der Waals surface area contributed by atoms with Gasteiger partial charge in [0.15, 0.2) is 5.82 Å². The van der Waals surface area contributed by atoms with Crippen LogP contribution in [-0.2, 0) is 6.54 Å². The Morgan fingerprint density at radius 2 is 1.95 bits per heavy atom. The highest BCUT2D eigenvalue weighted by molar-refractivity contribution is 5.52. The lowest BCUT2D eigenvalue weighted by atomic mass is 10.2. The second-order valence-corrected chi connectivity index (χ2v) is 4.55. The summed E-state index contributed by atoms with van der Waals surface area (Å²) in [5.74, 6) is 0.829. The van der Waals surface area contributed by atoms with Crippen molar-refractivity contribution in [3.63, 3.8) is 0 Å². The average Bonchev–Trinajstić information content (AvgIpc) is 2.89. The van der Waals surface area contributed by atoms with E-state index in [-0.39, 0.29) is 5.82 Å². The van der Waals surface area contributed by atoms with Crippen LogP contribution in [0.1, 0.15) is 5.82 Å². The summed E-state index contributed by atoms with van der Waals surface area (Å²) in [4.78, 5) is 6.62. The van der Waals surface area contributed by atoms with Crippen molar-refractivity contribution < 1.29 is 8.91 Å². The number of nitrogens with one attached hydrogen (secondary N) is 1. The van der Waals surface area contributed by atoms with Crippen LogP contribution in [0.2, 0.25) is 0 Å². The van der Waals surface area contributed by atoms with E-state index in [1.165, 1.54) is 12.1 Å². The first-order valence-corrected chi connectivity index (χ1v) is 6.33. The topological polar surface area (TPSA) is 54.2 Å². The molecule has 5 nitrogen and oxygen atoms in total. The van der Waals surface area contributed by atoms with Crippen molar-refractivity contribution in [3.8, 4) is 11.5 Å². The van der Waals surface area contributed by atoms with Gasteiger partial charge in [0.2, 0.25) is 0 Å². The summed E-state index contributed by atoms with van der Waals surface area (Å²) < 4.78 is 18.0. The first-order chi connectivity index (χ1) is 9.31. The van der Waals surface area contributed by atoms with E-state index in [0.29, 0.717) is 18.3 Å². The third-order valence-corrected chi connectivity index (χ3v) is 3.13. The molecule has 0 atom stereocenters. The Bertz CT molecular complexity index is 534. The van der Waals surface area contributed by atoms with Crippen molar-refractivity contribution in [2.45, 2.75) is 6.54 Å². The Kier molecular flexibility index (Phi) is 3.52. The Morgan fingerprint density at radius 3 is 2.68 bits per heavy atom. The maximum atomic E-state index is 12.8. The summed E-state index contributed by atoms with van der Waals surface area (Å²) in [6, 6.07) is 6.04. The summed E-state index contributed by atoms with van der Waals surface area (Å²) in [5.41, 5.74) is 0.737. The van der Waals surface area contributed by atoms with Gasteiger partial charge in [-0.05, 0) is 24.3 Å². The van der Waals surface area contributed by atoms with Crippen molar-refractivity contribution >= 4 is 0 Å². The lowest BCUT2D eigenvalue weighted by Crippen LogP contribution is -2.43. The maximum Gasteiger partial charge on any atom is 0.257 e. The molecule has 1 aliphatic rings. The smallest absolute Gasteiger partial charge is 0.257 e. The molecule has 0 aliphatic carbocycles. The van der Waals surface area contributed by atoms with Gasteiger partial charge < -0.3 is 9.84 Å². The molecule has 6 heteroatoms. The molecule has 19 heavy (non-hydrogen) atoms. The van der Waals surface area contributed by atoms with E-state index in [9.17, 15) is 4.39 Å². The van der Waals surface area contributed by atoms with E-state index < -0.39 is 0 Å². The lowest BCUT2D eigenvalue weighted by molar-refractivity contribution is 0.225. The second kappa shape index (κ2) is 5.46. The van der Waals surface area contributed by atoms with Crippen molar-refractivity contribution in [2.75, 3.05) is 26.2 Å². The van der Waals surface area contributed by atoms with Gasteiger partial charge >= 0.3 is 0 Å². The van der Waals surface area contributed by atoms with E-state index >= 15 is 0 Å². The van der Waals surface area contributed by atoms with Gasteiger partial charge in [-0.3, -0.25) is 4.90 Å². The molecule has 2 aromatic rings. The van der Waals surface area contributed by atoms with Gasteiger partial charge in [0.1, 0.15) is 5.82 Å². The number of hydrogen-bond donors (Lipinski definition) is 1. The van der Waals surface area contributed by atoms with Gasteiger partial charge in [-0.2, -0.15) is 4.98 Å². The van der Waals surface area contributed by atoms with Gasteiger partial charge in [-0.1, -0.05) is 5.16 Å². The molecule has 1 fully saturated rings. The van der Waals surface area contributed by atoms with Gasteiger partial charge in [0.25, 0.3) is 5.89 Å². The predicted molar refractivity (Wildman–Crippen MR) is 67.8 cm³/mol. The molecule has 1 N–H and O–H groups in total. The van der Waals surface area contributed by atoms with Crippen molar-refractivity contribution in [3.05, 3.63) is 35.9 Å². The molecule has 1 aliphatic heterocycles. The molecular weight excluding hydrogens is 247 g/mol. The minimum Gasteiger partial charge on any atom is -0.334 e.